The van der Waals surface area contributed by atoms with Crippen LogP contribution in [0, 0.1) is 20.2 Å². The molecule has 0 unspecified atom stereocenters. The van der Waals surface area contributed by atoms with Gasteiger partial charge in [0.2, 0.25) is 5.91 Å². The van der Waals surface area contributed by atoms with E-state index in [-0.39, 0.29) is 47.8 Å². The van der Waals surface area contributed by atoms with Gasteiger partial charge >= 0.3 is 5.69 Å². The van der Waals surface area contributed by atoms with E-state index >= 15 is 0 Å². The van der Waals surface area contributed by atoms with Crippen molar-refractivity contribution in [3.8, 4) is 0 Å². The van der Waals surface area contributed by atoms with Crippen molar-refractivity contribution in [2.45, 2.75) is 6.92 Å². The van der Waals surface area contributed by atoms with Crippen LogP contribution in [0.25, 0.3) is 0 Å². The molecule has 14 heteroatoms. The predicted octanol–water partition coefficient (Wildman–Crippen LogP) is 3.43. The highest BCUT2D eigenvalue weighted by molar-refractivity contribution is 9.10. The second-order valence-corrected chi connectivity index (χ2v) is 7.18. The van der Waals surface area contributed by atoms with Crippen molar-refractivity contribution in [2.24, 2.45) is 10.2 Å². The Morgan fingerprint density at radius 2 is 1.75 bits per heavy atom. The second-order valence-electron chi connectivity index (χ2n) is 6.33. The van der Waals surface area contributed by atoms with Gasteiger partial charge in [0, 0.05) is 31.8 Å². The van der Waals surface area contributed by atoms with E-state index in [1.807, 2.05) is 0 Å². The summed E-state index contributed by atoms with van der Waals surface area (Å²) in [7, 11) is 0. The monoisotopic (exact) mass is 510 g/mol. The molecule has 0 aromatic heterocycles. The average Bonchev–Trinajstić information content (AvgIpc) is 2.72. The average molecular weight is 511 g/mol. The number of azo groups is 1. The Balaban J connectivity index is 2.53. The zero-order valence-electron chi connectivity index (χ0n) is 16.8. The van der Waals surface area contributed by atoms with E-state index in [0.717, 1.165) is 12.1 Å². The lowest BCUT2D eigenvalue weighted by Crippen LogP contribution is -2.29. The number of rotatable bonds is 10. The summed E-state index contributed by atoms with van der Waals surface area (Å²) in [6, 6.07) is 6.51. The molecule has 32 heavy (non-hydrogen) atoms. The molecule has 0 bridgehead atoms. The lowest BCUT2D eigenvalue weighted by atomic mass is 10.2. The number of aliphatic hydroxyl groups is 2. The highest BCUT2D eigenvalue weighted by Gasteiger charge is 2.23. The zero-order valence-corrected chi connectivity index (χ0v) is 18.4. The summed E-state index contributed by atoms with van der Waals surface area (Å²) in [5.74, 6) is -0.406. The number of hydrogen-bond acceptors (Lipinski definition) is 10. The van der Waals surface area contributed by atoms with E-state index in [2.05, 4.69) is 31.5 Å². The Morgan fingerprint density at radius 1 is 1.09 bits per heavy atom. The topological polar surface area (TPSA) is 184 Å². The standard InChI is InChI=1S/C18H19BrN6O7/c1-11(28)20-16-9-12(23(4-6-26)5-7-27)2-3-15(16)21-22-18-14(19)8-13(24(29)30)10-17(18)25(31)32/h2-3,8-10,26-27H,4-7H2,1H3,(H,20,28). The van der Waals surface area contributed by atoms with Gasteiger partial charge in [-0.3, -0.25) is 25.0 Å². The summed E-state index contributed by atoms with van der Waals surface area (Å²) in [6.45, 7) is 1.44. The van der Waals surface area contributed by atoms with E-state index in [1.54, 1.807) is 17.0 Å². The number of carbonyl (C=O) groups is 1. The first-order chi connectivity index (χ1) is 15.2. The van der Waals surface area contributed by atoms with Gasteiger partial charge in [0.05, 0.1) is 39.3 Å². The lowest BCUT2D eigenvalue weighted by molar-refractivity contribution is -0.393. The van der Waals surface area contributed by atoms with Crippen molar-refractivity contribution < 1.29 is 24.9 Å². The van der Waals surface area contributed by atoms with E-state index in [1.165, 1.54) is 13.0 Å². The summed E-state index contributed by atoms with van der Waals surface area (Å²) in [4.78, 5) is 34.1. The Labute approximate surface area is 189 Å². The van der Waals surface area contributed by atoms with Gasteiger partial charge in [0.15, 0.2) is 5.69 Å². The Bertz CT molecular complexity index is 1060. The molecule has 0 aliphatic carbocycles. The van der Waals surface area contributed by atoms with E-state index < -0.39 is 27.1 Å². The van der Waals surface area contributed by atoms with Crippen LogP contribution in [0.4, 0.5) is 34.1 Å². The maximum Gasteiger partial charge on any atom is 0.304 e. The SMILES string of the molecule is CC(=O)Nc1cc(N(CCO)CCO)ccc1N=Nc1c(Br)cc([N+](=O)[O-])cc1[N+](=O)[O-]. The van der Waals surface area contributed by atoms with E-state index in [9.17, 15) is 35.2 Å². The summed E-state index contributed by atoms with van der Waals surface area (Å²) in [6.07, 6.45) is 0. The number of nitro groups is 2. The van der Waals surface area contributed by atoms with Crippen molar-refractivity contribution in [1.82, 2.24) is 0 Å². The van der Waals surface area contributed by atoms with Gasteiger partial charge < -0.3 is 20.4 Å². The third-order valence-corrected chi connectivity index (χ3v) is 4.69. The van der Waals surface area contributed by atoms with Crippen LogP contribution < -0.4 is 10.2 Å². The molecule has 0 heterocycles. The second kappa shape index (κ2) is 11.2. The number of nitro benzene ring substituents is 2. The Morgan fingerprint density at radius 3 is 2.28 bits per heavy atom. The molecule has 2 aromatic rings. The van der Waals surface area contributed by atoms with Gasteiger partial charge in [-0.15, -0.1) is 10.2 Å². The Hall–Kier alpha value is -3.49. The van der Waals surface area contributed by atoms with Crippen LogP contribution in [0.3, 0.4) is 0 Å². The fraction of sp³-hybridized carbons (Fsp3) is 0.278. The molecule has 0 aliphatic rings. The number of nitrogens with one attached hydrogen (secondary N) is 1. The number of halogens is 1. The molecule has 0 radical (unpaired) electrons. The fourth-order valence-electron chi connectivity index (χ4n) is 2.73. The quantitative estimate of drug-likeness (QED) is 0.246. The molecule has 2 rings (SSSR count). The van der Waals surface area contributed by atoms with Crippen LogP contribution in [-0.4, -0.2) is 52.3 Å². The van der Waals surface area contributed by atoms with Crippen LogP contribution in [0.1, 0.15) is 6.92 Å². The minimum absolute atomic E-state index is 0.00286. The highest BCUT2D eigenvalue weighted by Crippen LogP contribution is 2.40. The summed E-state index contributed by atoms with van der Waals surface area (Å²) in [5, 5.41) is 51.3. The maximum atomic E-state index is 11.6. The number of hydrogen-bond donors (Lipinski definition) is 3. The molecular weight excluding hydrogens is 492 g/mol. The third-order valence-electron chi connectivity index (χ3n) is 4.09. The number of amides is 1. The van der Waals surface area contributed by atoms with Crippen molar-refractivity contribution in [1.29, 1.82) is 0 Å². The number of aliphatic hydroxyl groups excluding tert-OH is 2. The third kappa shape index (κ3) is 6.26. The van der Waals surface area contributed by atoms with Crippen molar-refractivity contribution in [2.75, 3.05) is 36.5 Å². The van der Waals surface area contributed by atoms with Gasteiger partial charge in [-0.25, -0.2) is 0 Å². The molecule has 13 nitrogen and oxygen atoms in total. The summed E-state index contributed by atoms with van der Waals surface area (Å²) < 4.78 is -0.00286. The number of non-ortho nitro benzene ring substituents is 1. The first-order valence-electron chi connectivity index (χ1n) is 9.10. The van der Waals surface area contributed by atoms with Crippen molar-refractivity contribution in [3.05, 3.63) is 55.0 Å². The molecule has 1 amide bonds. The van der Waals surface area contributed by atoms with Gasteiger partial charge in [0.25, 0.3) is 5.69 Å². The highest BCUT2D eigenvalue weighted by atomic mass is 79.9. The molecule has 170 valence electrons. The molecule has 0 spiro atoms. The van der Waals surface area contributed by atoms with E-state index in [0.29, 0.717) is 5.69 Å². The molecule has 0 aliphatic heterocycles. The van der Waals surface area contributed by atoms with Crippen molar-refractivity contribution >= 4 is 56.0 Å². The van der Waals surface area contributed by atoms with Gasteiger partial charge in [-0.05, 0) is 34.1 Å². The van der Waals surface area contributed by atoms with Gasteiger partial charge in [0.1, 0.15) is 5.69 Å². The molecule has 0 fully saturated rings. The smallest absolute Gasteiger partial charge is 0.304 e. The molecule has 0 saturated carbocycles. The van der Waals surface area contributed by atoms with Crippen LogP contribution in [0.15, 0.2) is 45.0 Å². The summed E-state index contributed by atoms with van der Waals surface area (Å²) >= 11 is 3.05. The zero-order chi connectivity index (χ0) is 23.8. The number of benzene rings is 2. The predicted molar refractivity (Wildman–Crippen MR) is 119 cm³/mol. The first-order valence-corrected chi connectivity index (χ1v) is 9.89. The molecular formula is C18H19BrN6O7. The lowest BCUT2D eigenvalue weighted by Gasteiger charge is -2.23. The number of anilines is 2. The minimum atomic E-state index is -0.814. The molecule has 3 N–H and O–H groups in total. The maximum absolute atomic E-state index is 11.6. The normalized spacial score (nSPS) is 10.9. The Kier molecular flexibility index (Phi) is 8.69. The molecule has 2 aromatic carbocycles. The fourth-order valence-corrected chi connectivity index (χ4v) is 3.24. The van der Waals surface area contributed by atoms with Crippen molar-refractivity contribution in [3.63, 3.8) is 0 Å². The molecule has 0 atom stereocenters. The van der Waals surface area contributed by atoms with Crippen LogP contribution >= 0.6 is 15.9 Å². The first kappa shape index (κ1) is 24.8. The minimum Gasteiger partial charge on any atom is -0.395 e. The largest absolute Gasteiger partial charge is 0.395 e. The number of nitrogens with zero attached hydrogens (tertiary/aromatic N) is 5. The van der Waals surface area contributed by atoms with Crippen LogP contribution in [-0.2, 0) is 4.79 Å². The number of carbonyl (C=O) groups excluding carboxylic acids is 1. The molecule has 0 saturated heterocycles. The summed E-state index contributed by atoms with van der Waals surface area (Å²) in [5.41, 5.74) is -0.362. The van der Waals surface area contributed by atoms with Gasteiger partial charge in [-0.2, -0.15) is 0 Å². The van der Waals surface area contributed by atoms with Crippen LogP contribution in [0.5, 0.6) is 0 Å². The van der Waals surface area contributed by atoms with Crippen LogP contribution in [0.2, 0.25) is 0 Å². The van der Waals surface area contributed by atoms with E-state index in [4.69, 9.17) is 0 Å². The van der Waals surface area contributed by atoms with Gasteiger partial charge in [-0.1, -0.05) is 0 Å².